The predicted octanol–water partition coefficient (Wildman–Crippen LogP) is 8.45. The van der Waals surface area contributed by atoms with Crippen LogP contribution in [0.3, 0.4) is 0 Å². The summed E-state index contributed by atoms with van der Waals surface area (Å²) in [6.07, 6.45) is 9.49. The Bertz CT molecular complexity index is 1090. The van der Waals surface area contributed by atoms with Gasteiger partial charge in [0.2, 0.25) is 0 Å². The Kier molecular flexibility index (Phi) is 9.42. The number of unbranched alkanes of at least 4 members (excludes halogenated alkanes) is 4. The fraction of sp³-hybridized carbons (Fsp3) is 0.516. The fourth-order valence-corrected chi connectivity index (χ4v) is 5.37. The summed E-state index contributed by atoms with van der Waals surface area (Å²) in [6, 6.07) is 14.6. The SMILES string of the molecule is CCCCCCCC(CN(C(N)=O)c1c(C(C)C)cccc1C(C)C)c1cn(C)c2ccccc12. The number of amides is 2. The third kappa shape index (κ3) is 6.28. The van der Waals surface area contributed by atoms with Crippen LogP contribution in [0.4, 0.5) is 10.5 Å². The Morgan fingerprint density at radius 1 is 0.886 bits per heavy atom. The van der Waals surface area contributed by atoms with Crippen LogP contribution in [0.25, 0.3) is 10.9 Å². The number of nitrogens with zero attached hydrogens (tertiary/aromatic N) is 2. The maximum Gasteiger partial charge on any atom is 0.319 e. The minimum absolute atomic E-state index is 0.218. The molecular weight excluding hydrogens is 430 g/mol. The van der Waals surface area contributed by atoms with Gasteiger partial charge in [-0.1, -0.05) is 103 Å². The molecule has 1 atom stereocenters. The average Bonchev–Trinajstić information content (AvgIpc) is 3.16. The van der Waals surface area contributed by atoms with E-state index >= 15 is 0 Å². The van der Waals surface area contributed by atoms with E-state index in [0.29, 0.717) is 18.4 Å². The molecule has 3 rings (SSSR count). The number of carbonyl (C=O) groups is 1. The number of nitrogens with two attached hydrogens (primary N) is 1. The van der Waals surface area contributed by atoms with E-state index < -0.39 is 0 Å². The molecule has 0 bridgehead atoms. The lowest BCUT2D eigenvalue weighted by molar-refractivity contribution is 0.253. The Morgan fingerprint density at radius 3 is 2.11 bits per heavy atom. The number of para-hydroxylation sites is 2. The van der Waals surface area contributed by atoms with Crippen LogP contribution < -0.4 is 10.6 Å². The first kappa shape index (κ1) is 26.8. The van der Waals surface area contributed by atoms with Gasteiger partial charge in [0.25, 0.3) is 0 Å². The third-order valence-electron chi connectivity index (χ3n) is 7.31. The number of rotatable bonds is 12. The summed E-state index contributed by atoms with van der Waals surface area (Å²) in [7, 11) is 2.11. The lowest BCUT2D eigenvalue weighted by Crippen LogP contribution is -2.40. The van der Waals surface area contributed by atoms with E-state index in [1.165, 1.54) is 53.3 Å². The van der Waals surface area contributed by atoms with Gasteiger partial charge in [-0.3, -0.25) is 4.90 Å². The molecule has 0 saturated heterocycles. The smallest absolute Gasteiger partial charge is 0.319 e. The third-order valence-corrected chi connectivity index (χ3v) is 7.31. The molecule has 3 aromatic rings. The van der Waals surface area contributed by atoms with E-state index in [1.54, 1.807) is 0 Å². The Balaban J connectivity index is 2.05. The zero-order valence-corrected chi connectivity index (χ0v) is 22.7. The largest absolute Gasteiger partial charge is 0.351 e. The van der Waals surface area contributed by atoms with E-state index in [9.17, 15) is 4.79 Å². The summed E-state index contributed by atoms with van der Waals surface area (Å²) in [4.78, 5) is 14.9. The summed E-state index contributed by atoms with van der Waals surface area (Å²) >= 11 is 0. The van der Waals surface area contributed by atoms with Crippen molar-refractivity contribution < 1.29 is 4.79 Å². The summed E-state index contributed by atoms with van der Waals surface area (Å²) in [5.41, 5.74) is 12.1. The van der Waals surface area contributed by atoms with E-state index in [0.717, 1.165) is 18.5 Å². The molecule has 35 heavy (non-hydrogen) atoms. The van der Waals surface area contributed by atoms with Crippen molar-refractivity contribution in [2.24, 2.45) is 12.8 Å². The minimum Gasteiger partial charge on any atom is -0.351 e. The van der Waals surface area contributed by atoms with Crippen LogP contribution in [-0.4, -0.2) is 17.1 Å². The Labute approximate surface area is 212 Å². The molecule has 1 unspecified atom stereocenters. The number of primary amides is 1. The normalized spacial score (nSPS) is 12.6. The molecule has 0 radical (unpaired) electrons. The topological polar surface area (TPSA) is 51.3 Å². The van der Waals surface area contributed by atoms with Crippen molar-refractivity contribution >= 4 is 22.6 Å². The summed E-state index contributed by atoms with van der Waals surface area (Å²) in [6.45, 7) is 11.6. The van der Waals surface area contributed by atoms with Crippen molar-refractivity contribution in [2.75, 3.05) is 11.4 Å². The second kappa shape index (κ2) is 12.3. The number of hydrogen-bond acceptors (Lipinski definition) is 1. The van der Waals surface area contributed by atoms with Crippen LogP contribution in [-0.2, 0) is 7.05 Å². The van der Waals surface area contributed by atoms with Gasteiger partial charge in [0, 0.05) is 36.6 Å². The molecule has 0 fully saturated rings. The van der Waals surface area contributed by atoms with E-state index in [1.807, 2.05) is 4.90 Å². The molecule has 190 valence electrons. The van der Waals surface area contributed by atoms with Crippen molar-refractivity contribution in [3.05, 3.63) is 65.4 Å². The van der Waals surface area contributed by atoms with Gasteiger partial charge in [0.1, 0.15) is 0 Å². The number of benzene rings is 2. The standard InChI is InChI=1S/C31H45N3O/c1-7-8-9-10-11-15-24(28-21-33(6)29-19-13-12-16-27(28)29)20-34(31(32)35)30-25(22(2)3)17-14-18-26(30)23(4)5/h12-14,16-19,21-24H,7-11,15,20H2,1-6H3,(H2,32,35). The summed E-state index contributed by atoms with van der Waals surface area (Å²) in [5, 5.41) is 1.28. The van der Waals surface area contributed by atoms with Crippen molar-refractivity contribution in [2.45, 2.75) is 90.9 Å². The van der Waals surface area contributed by atoms with E-state index in [2.05, 4.69) is 94.9 Å². The molecule has 2 N–H and O–H groups in total. The molecule has 0 aliphatic rings. The minimum atomic E-state index is -0.365. The number of urea groups is 1. The van der Waals surface area contributed by atoms with Crippen LogP contribution >= 0.6 is 0 Å². The van der Waals surface area contributed by atoms with Gasteiger partial charge >= 0.3 is 6.03 Å². The lowest BCUT2D eigenvalue weighted by Gasteiger charge is -2.32. The first-order valence-electron chi connectivity index (χ1n) is 13.5. The molecule has 0 aliphatic carbocycles. The zero-order valence-electron chi connectivity index (χ0n) is 22.7. The number of aromatic nitrogens is 1. The van der Waals surface area contributed by atoms with Gasteiger partial charge in [0.05, 0.1) is 5.69 Å². The molecular formula is C31H45N3O. The molecule has 2 amide bonds. The first-order valence-corrected chi connectivity index (χ1v) is 13.5. The van der Waals surface area contributed by atoms with Crippen molar-refractivity contribution in [3.8, 4) is 0 Å². The molecule has 1 heterocycles. The van der Waals surface area contributed by atoms with Gasteiger partial charge in [-0.2, -0.15) is 0 Å². The molecule has 0 aliphatic heterocycles. The number of hydrogen-bond donors (Lipinski definition) is 1. The van der Waals surface area contributed by atoms with E-state index in [-0.39, 0.29) is 11.9 Å². The number of aryl methyl sites for hydroxylation is 1. The van der Waals surface area contributed by atoms with Gasteiger partial charge in [0.15, 0.2) is 0 Å². The maximum atomic E-state index is 13.0. The van der Waals surface area contributed by atoms with Crippen molar-refractivity contribution in [1.82, 2.24) is 4.57 Å². The average molecular weight is 476 g/mol. The number of anilines is 1. The molecule has 0 saturated carbocycles. The lowest BCUT2D eigenvalue weighted by atomic mass is 9.89. The molecule has 4 heteroatoms. The summed E-state index contributed by atoms with van der Waals surface area (Å²) < 4.78 is 2.21. The molecule has 4 nitrogen and oxygen atoms in total. The Morgan fingerprint density at radius 2 is 1.51 bits per heavy atom. The van der Waals surface area contributed by atoms with Gasteiger partial charge in [-0.25, -0.2) is 4.79 Å². The van der Waals surface area contributed by atoms with Crippen LogP contribution in [0.5, 0.6) is 0 Å². The first-order chi connectivity index (χ1) is 16.8. The number of carbonyl (C=O) groups excluding carboxylic acids is 1. The highest BCUT2D eigenvalue weighted by Gasteiger charge is 2.27. The second-order valence-corrected chi connectivity index (χ2v) is 10.7. The van der Waals surface area contributed by atoms with Crippen LogP contribution in [0.15, 0.2) is 48.7 Å². The second-order valence-electron chi connectivity index (χ2n) is 10.7. The van der Waals surface area contributed by atoms with Crippen LogP contribution in [0, 0.1) is 0 Å². The highest BCUT2D eigenvalue weighted by atomic mass is 16.2. The van der Waals surface area contributed by atoms with Crippen molar-refractivity contribution in [3.63, 3.8) is 0 Å². The molecule has 2 aromatic carbocycles. The summed E-state index contributed by atoms with van der Waals surface area (Å²) in [5.74, 6) is 0.821. The van der Waals surface area contributed by atoms with Gasteiger partial charge in [-0.15, -0.1) is 0 Å². The van der Waals surface area contributed by atoms with Gasteiger partial charge < -0.3 is 10.3 Å². The highest BCUT2D eigenvalue weighted by molar-refractivity contribution is 5.93. The van der Waals surface area contributed by atoms with E-state index in [4.69, 9.17) is 5.73 Å². The fourth-order valence-electron chi connectivity index (χ4n) is 5.37. The molecule has 0 spiro atoms. The maximum absolute atomic E-state index is 13.0. The Hall–Kier alpha value is -2.75. The predicted molar refractivity (Wildman–Crippen MR) is 151 cm³/mol. The molecule has 1 aromatic heterocycles. The van der Waals surface area contributed by atoms with Crippen molar-refractivity contribution in [1.29, 1.82) is 0 Å². The monoisotopic (exact) mass is 475 g/mol. The zero-order chi connectivity index (χ0) is 25.5. The number of fused-ring (bicyclic) bond motifs is 1. The highest BCUT2D eigenvalue weighted by Crippen LogP contribution is 2.38. The quantitative estimate of drug-likeness (QED) is 0.262. The van der Waals surface area contributed by atoms with Crippen LogP contribution in [0.2, 0.25) is 0 Å². The van der Waals surface area contributed by atoms with Crippen LogP contribution in [0.1, 0.15) is 108 Å². The van der Waals surface area contributed by atoms with Gasteiger partial charge in [-0.05, 0) is 41.0 Å².